The molecule has 2 rings (SSSR count). The number of hydrogen-bond donors (Lipinski definition) is 0. The van der Waals surface area contributed by atoms with E-state index in [4.69, 9.17) is 4.74 Å². The minimum Gasteiger partial charge on any atom is -0.449 e. The lowest BCUT2D eigenvalue weighted by atomic mass is 10.2. The van der Waals surface area contributed by atoms with Gasteiger partial charge >= 0.3 is 6.09 Å². The molecule has 1 aliphatic rings. The summed E-state index contributed by atoms with van der Waals surface area (Å²) in [7, 11) is 0. The minimum atomic E-state index is -0.289. The molecule has 0 saturated carbocycles. The first-order valence-corrected chi connectivity index (χ1v) is 8.23. The fourth-order valence-electron chi connectivity index (χ4n) is 2.23. The predicted octanol–water partition coefficient (Wildman–Crippen LogP) is 3.00. The summed E-state index contributed by atoms with van der Waals surface area (Å²) >= 11 is 3.37. The standard InChI is InChI=1S/C16H21BrN2O3/c1-12(2)11-22-16(21)19-8-6-18(7-9-19)15(20)13-4-3-5-14(17)10-13/h3-5,10,12H,6-9,11H2,1-2H3. The van der Waals surface area contributed by atoms with Gasteiger partial charge in [0.1, 0.15) is 0 Å². The van der Waals surface area contributed by atoms with Gasteiger partial charge in [-0.05, 0) is 24.1 Å². The number of hydrogen-bond acceptors (Lipinski definition) is 3. The molecule has 2 amide bonds. The molecule has 1 saturated heterocycles. The summed E-state index contributed by atoms with van der Waals surface area (Å²) in [5.41, 5.74) is 0.658. The number of rotatable bonds is 3. The molecule has 1 aromatic carbocycles. The number of halogens is 1. The van der Waals surface area contributed by atoms with Crippen LogP contribution in [0.4, 0.5) is 4.79 Å². The van der Waals surface area contributed by atoms with Crippen LogP contribution in [0.3, 0.4) is 0 Å². The van der Waals surface area contributed by atoms with Gasteiger partial charge < -0.3 is 14.5 Å². The fraction of sp³-hybridized carbons (Fsp3) is 0.500. The van der Waals surface area contributed by atoms with E-state index in [-0.39, 0.29) is 12.0 Å². The number of benzene rings is 1. The summed E-state index contributed by atoms with van der Waals surface area (Å²) < 4.78 is 6.10. The van der Waals surface area contributed by atoms with Crippen molar-refractivity contribution in [1.82, 2.24) is 9.80 Å². The highest BCUT2D eigenvalue weighted by atomic mass is 79.9. The SMILES string of the molecule is CC(C)COC(=O)N1CCN(C(=O)c2cccc(Br)c2)CC1. The Labute approximate surface area is 139 Å². The molecule has 6 heteroatoms. The van der Waals surface area contributed by atoms with Gasteiger partial charge in [0.2, 0.25) is 0 Å². The third-order valence-electron chi connectivity index (χ3n) is 3.44. The topological polar surface area (TPSA) is 49.9 Å². The molecule has 0 atom stereocenters. The molecule has 0 unspecified atom stereocenters. The summed E-state index contributed by atoms with van der Waals surface area (Å²) in [5, 5.41) is 0. The van der Waals surface area contributed by atoms with Gasteiger partial charge in [-0.3, -0.25) is 4.79 Å². The highest BCUT2D eigenvalue weighted by Crippen LogP contribution is 2.15. The molecule has 0 spiro atoms. The van der Waals surface area contributed by atoms with Gasteiger partial charge in [-0.25, -0.2) is 4.79 Å². The zero-order valence-electron chi connectivity index (χ0n) is 12.9. The Balaban J connectivity index is 1.86. The van der Waals surface area contributed by atoms with Crippen molar-refractivity contribution >= 4 is 27.9 Å². The molecule has 0 N–H and O–H groups in total. The number of nitrogens with zero attached hydrogens (tertiary/aromatic N) is 2. The summed E-state index contributed by atoms with van der Waals surface area (Å²) in [6, 6.07) is 7.35. The van der Waals surface area contributed by atoms with E-state index in [9.17, 15) is 9.59 Å². The van der Waals surface area contributed by atoms with Gasteiger partial charge in [-0.2, -0.15) is 0 Å². The molecular formula is C16H21BrN2O3. The van der Waals surface area contributed by atoms with Crippen LogP contribution in [-0.4, -0.2) is 54.6 Å². The molecule has 5 nitrogen and oxygen atoms in total. The van der Waals surface area contributed by atoms with E-state index in [0.29, 0.717) is 44.3 Å². The smallest absolute Gasteiger partial charge is 0.409 e. The normalized spacial score (nSPS) is 15.1. The van der Waals surface area contributed by atoms with Crippen LogP contribution < -0.4 is 0 Å². The van der Waals surface area contributed by atoms with Crippen molar-refractivity contribution in [1.29, 1.82) is 0 Å². The minimum absolute atomic E-state index is 0.00324. The average molecular weight is 369 g/mol. The van der Waals surface area contributed by atoms with Crippen LogP contribution >= 0.6 is 15.9 Å². The Bertz CT molecular complexity index is 540. The maximum absolute atomic E-state index is 12.4. The Kier molecular flexibility index (Phi) is 5.83. The van der Waals surface area contributed by atoms with Crippen LogP contribution in [0.15, 0.2) is 28.7 Å². The first kappa shape index (κ1) is 16.8. The van der Waals surface area contributed by atoms with Crippen LogP contribution in [0.2, 0.25) is 0 Å². The van der Waals surface area contributed by atoms with Crippen LogP contribution in [0.25, 0.3) is 0 Å². The first-order chi connectivity index (χ1) is 10.5. The second kappa shape index (κ2) is 7.63. The largest absolute Gasteiger partial charge is 0.449 e. The zero-order valence-corrected chi connectivity index (χ0v) is 14.5. The fourth-order valence-corrected chi connectivity index (χ4v) is 2.62. The Morgan fingerprint density at radius 2 is 1.82 bits per heavy atom. The number of carbonyl (C=O) groups excluding carboxylic acids is 2. The third kappa shape index (κ3) is 4.47. The van der Waals surface area contributed by atoms with Gasteiger partial charge in [0.05, 0.1) is 6.61 Å². The van der Waals surface area contributed by atoms with Crippen LogP contribution in [0.1, 0.15) is 24.2 Å². The monoisotopic (exact) mass is 368 g/mol. The van der Waals surface area contributed by atoms with Crippen molar-refractivity contribution in [2.75, 3.05) is 32.8 Å². The van der Waals surface area contributed by atoms with Crippen molar-refractivity contribution in [2.45, 2.75) is 13.8 Å². The lowest BCUT2D eigenvalue weighted by Crippen LogP contribution is -2.50. The van der Waals surface area contributed by atoms with E-state index in [2.05, 4.69) is 15.9 Å². The first-order valence-electron chi connectivity index (χ1n) is 7.44. The predicted molar refractivity (Wildman–Crippen MR) is 87.8 cm³/mol. The van der Waals surface area contributed by atoms with Gasteiger partial charge in [0, 0.05) is 36.2 Å². The summed E-state index contributed by atoms with van der Waals surface area (Å²) in [6.45, 7) is 6.51. The molecule has 0 aromatic heterocycles. The van der Waals surface area contributed by atoms with Crippen LogP contribution in [-0.2, 0) is 4.74 Å². The van der Waals surface area contributed by atoms with Crippen molar-refractivity contribution in [3.63, 3.8) is 0 Å². The Morgan fingerprint density at radius 1 is 1.18 bits per heavy atom. The Morgan fingerprint density at radius 3 is 2.41 bits per heavy atom. The van der Waals surface area contributed by atoms with E-state index in [1.54, 1.807) is 15.9 Å². The van der Waals surface area contributed by atoms with Crippen LogP contribution in [0.5, 0.6) is 0 Å². The number of ether oxygens (including phenoxy) is 1. The number of amides is 2. The average Bonchev–Trinajstić information content (AvgIpc) is 2.52. The molecule has 120 valence electrons. The number of piperazine rings is 1. The van der Waals surface area contributed by atoms with Crippen molar-refractivity contribution in [3.05, 3.63) is 34.3 Å². The van der Waals surface area contributed by atoms with E-state index >= 15 is 0 Å². The van der Waals surface area contributed by atoms with Crippen molar-refractivity contribution in [3.8, 4) is 0 Å². The van der Waals surface area contributed by atoms with Crippen molar-refractivity contribution < 1.29 is 14.3 Å². The maximum atomic E-state index is 12.4. The highest BCUT2D eigenvalue weighted by Gasteiger charge is 2.25. The molecular weight excluding hydrogens is 348 g/mol. The van der Waals surface area contributed by atoms with Crippen LogP contribution in [0, 0.1) is 5.92 Å². The van der Waals surface area contributed by atoms with Gasteiger partial charge in [0.25, 0.3) is 5.91 Å². The summed E-state index contributed by atoms with van der Waals surface area (Å²) in [4.78, 5) is 27.7. The summed E-state index contributed by atoms with van der Waals surface area (Å²) in [6.07, 6.45) is -0.289. The molecule has 1 aliphatic heterocycles. The lowest BCUT2D eigenvalue weighted by molar-refractivity contribution is 0.0535. The molecule has 1 heterocycles. The summed E-state index contributed by atoms with van der Waals surface area (Å²) in [5.74, 6) is 0.319. The van der Waals surface area contributed by atoms with E-state index < -0.39 is 0 Å². The van der Waals surface area contributed by atoms with E-state index in [1.165, 1.54) is 0 Å². The molecule has 0 bridgehead atoms. The Hall–Kier alpha value is -1.56. The molecule has 0 radical (unpaired) electrons. The third-order valence-corrected chi connectivity index (χ3v) is 3.93. The van der Waals surface area contributed by atoms with Gasteiger partial charge in [-0.1, -0.05) is 35.8 Å². The van der Waals surface area contributed by atoms with Gasteiger partial charge in [-0.15, -0.1) is 0 Å². The second-order valence-corrected chi connectivity index (χ2v) is 6.68. The molecule has 0 aliphatic carbocycles. The lowest BCUT2D eigenvalue weighted by Gasteiger charge is -2.34. The molecule has 22 heavy (non-hydrogen) atoms. The van der Waals surface area contributed by atoms with E-state index in [1.807, 2.05) is 32.0 Å². The highest BCUT2D eigenvalue weighted by molar-refractivity contribution is 9.10. The zero-order chi connectivity index (χ0) is 16.1. The maximum Gasteiger partial charge on any atom is 0.409 e. The molecule has 1 aromatic rings. The quantitative estimate of drug-likeness (QED) is 0.823. The van der Waals surface area contributed by atoms with Gasteiger partial charge in [0.15, 0.2) is 0 Å². The second-order valence-electron chi connectivity index (χ2n) is 5.76. The molecule has 1 fully saturated rings. The van der Waals surface area contributed by atoms with Crippen molar-refractivity contribution in [2.24, 2.45) is 5.92 Å². The van der Waals surface area contributed by atoms with E-state index in [0.717, 1.165) is 4.47 Å². The number of carbonyl (C=O) groups is 2.